The Morgan fingerprint density at radius 1 is 1.68 bits per heavy atom. The van der Waals surface area contributed by atoms with Crippen molar-refractivity contribution in [2.75, 3.05) is 12.4 Å². The van der Waals surface area contributed by atoms with Gasteiger partial charge in [0.25, 0.3) is 12.3 Å². The Labute approximate surface area is 109 Å². The normalized spacial score (nSPS) is 18.4. The minimum absolute atomic E-state index is 0.216. The monoisotopic (exact) mass is 273 g/mol. The molecular formula is C12H17F2N3O2. The van der Waals surface area contributed by atoms with E-state index in [-0.39, 0.29) is 11.8 Å². The fourth-order valence-corrected chi connectivity index (χ4v) is 2.00. The van der Waals surface area contributed by atoms with Crippen molar-refractivity contribution in [3.8, 4) is 0 Å². The van der Waals surface area contributed by atoms with Gasteiger partial charge in [0.1, 0.15) is 12.1 Å². The molecule has 5 nitrogen and oxygen atoms in total. The summed E-state index contributed by atoms with van der Waals surface area (Å²) in [5, 5.41) is 6.42. The lowest BCUT2D eigenvalue weighted by Crippen LogP contribution is -2.43. The number of nitrogens with one attached hydrogen (secondary N) is 1. The lowest BCUT2D eigenvalue weighted by molar-refractivity contribution is -0.138. The molecule has 7 heteroatoms. The van der Waals surface area contributed by atoms with Gasteiger partial charge in [-0.2, -0.15) is 5.10 Å². The molecule has 1 aliphatic carbocycles. The fraction of sp³-hybridized carbons (Fsp3) is 0.667. The van der Waals surface area contributed by atoms with Crippen LogP contribution in [0.3, 0.4) is 0 Å². The van der Waals surface area contributed by atoms with Crippen LogP contribution >= 0.6 is 0 Å². The number of hydrogen-bond donors (Lipinski definition) is 1. The summed E-state index contributed by atoms with van der Waals surface area (Å²) >= 11 is 0. The molecule has 1 saturated carbocycles. The van der Waals surface area contributed by atoms with Gasteiger partial charge in [-0.05, 0) is 25.7 Å². The molecule has 0 saturated heterocycles. The smallest absolute Gasteiger partial charge is 0.257 e. The molecule has 0 spiro atoms. The van der Waals surface area contributed by atoms with Gasteiger partial charge in [-0.3, -0.25) is 9.48 Å². The van der Waals surface area contributed by atoms with E-state index < -0.39 is 18.6 Å². The highest BCUT2D eigenvalue weighted by Gasteiger charge is 2.47. The predicted octanol–water partition coefficient (Wildman–Crippen LogP) is 1.90. The molecule has 1 aromatic heterocycles. The van der Waals surface area contributed by atoms with E-state index in [0.717, 1.165) is 17.5 Å². The van der Waals surface area contributed by atoms with E-state index in [1.165, 1.54) is 19.5 Å². The summed E-state index contributed by atoms with van der Waals surface area (Å²) in [7, 11) is 1.50. The summed E-state index contributed by atoms with van der Waals surface area (Å²) in [6.07, 6.45) is 2.18. The van der Waals surface area contributed by atoms with Gasteiger partial charge in [0, 0.05) is 13.3 Å². The van der Waals surface area contributed by atoms with Crippen LogP contribution in [-0.2, 0) is 16.1 Å². The predicted molar refractivity (Wildman–Crippen MR) is 65.0 cm³/mol. The molecule has 1 N–H and O–H groups in total. The van der Waals surface area contributed by atoms with E-state index in [4.69, 9.17) is 4.74 Å². The number of hydrogen-bond acceptors (Lipinski definition) is 3. The maximum atomic E-state index is 12.2. The van der Waals surface area contributed by atoms with Gasteiger partial charge in [0.05, 0.1) is 11.9 Å². The zero-order valence-electron chi connectivity index (χ0n) is 10.9. The van der Waals surface area contributed by atoms with Crippen molar-refractivity contribution in [3.63, 3.8) is 0 Å². The van der Waals surface area contributed by atoms with Gasteiger partial charge in [0.15, 0.2) is 0 Å². The first-order valence-electron chi connectivity index (χ1n) is 6.13. The number of methoxy groups -OCH3 is 1. The van der Waals surface area contributed by atoms with Crippen molar-refractivity contribution in [3.05, 3.63) is 12.4 Å². The van der Waals surface area contributed by atoms with Crippen molar-refractivity contribution in [2.24, 2.45) is 5.92 Å². The van der Waals surface area contributed by atoms with E-state index in [0.29, 0.717) is 5.69 Å². The minimum Gasteiger partial charge on any atom is -0.368 e. The number of aromatic nitrogens is 2. The molecule has 1 unspecified atom stereocenters. The summed E-state index contributed by atoms with van der Waals surface area (Å²) in [5.41, 5.74) is -0.472. The van der Waals surface area contributed by atoms with Crippen molar-refractivity contribution >= 4 is 11.6 Å². The lowest BCUT2D eigenvalue weighted by atomic mass is 9.99. The number of halogens is 2. The molecule has 19 heavy (non-hydrogen) atoms. The number of nitrogens with zero attached hydrogens (tertiary/aromatic N) is 2. The summed E-state index contributed by atoms with van der Waals surface area (Å²) in [6.45, 7) is 1.25. The topological polar surface area (TPSA) is 56.1 Å². The van der Waals surface area contributed by atoms with Crippen LogP contribution in [0.5, 0.6) is 0 Å². The summed E-state index contributed by atoms with van der Waals surface area (Å²) in [6, 6.07) is 0. The van der Waals surface area contributed by atoms with E-state index in [9.17, 15) is 13.6 Å². The van der Waals surface area contributed by atoms with Crippen LogP contribution in [0.2, 0.25) is 0 Å². The quantitative estimate of drug-likeness (QED) is 0.861. The minimum atomic E-state index is -2.47. The molecule has 2 rings (SSSR count). The van der Waals surface area contributed by atoms with Crippen LogP contribution < -0.4 is 5.32 Å². The molecule has 1 aliphatic rings. The van der Waals surface area contributed by atoms with E-state index in [2.05, 4.69) is 10.4 Å². The highest BCUT2D eigenvalue weighted by Crippen LogP contribution is 2.42. The lowest BCUT2D eigenvalue weighted by Gasteiger charge is -2.26. The second kappa shape index (κ2) is 5.24. The molecule has 106 valence electrons. The van der Waals surface area contributed by atoms with E-state index >= 15 is 0 Å². The molecule has 0 aliphatic heterocycles. The number of carbonyl (C=O) groups is 1. The number of alkyl halides is 2. The number of rotatable bonds is 6. The van der Waals surface area contributed by atoms with Gasteiger partial charge >= 0.3 is 0 Å². The highest BCUT2D eigenvalue weighted by atomic mass is 19.3. The Morgan fingerprint density at radius 2 is 2.37 bits per heavy atom. The number of ether oxygens (including phenoxy) is 1. The van der Waals surface area contributed by atoms with Crippen LogP contribution in [0.1, 0.15) is 19.8 Å². The van der Waals surface area contributed by atoms with Crippen molar-refractivity contribution in [1.29, 1.82) is 0 Å². The zero-order chi connectivity index (χ0) is 14.0. The molecule has 1 amide bonds. The molecule has 1 fully saturated rings. The largest absolute Gasteiger partial charge is 0.368 e. The molecule has 1 aromatic rings. The number of carbonyl (C=O) groups excluding carboxylic acids is 1. The van der Waals surface area contributed by atoms with Gasteiger partial charge in [0.2, 0.25) is 0 Å². The van der Waals surface area contributed by atoms with Crippen LogP contribution in [-0.4, -0.2) is 34.8 Å². The van der Waals surface area contributed by atoms with Crippen molar-refractivity contribution < 1.29 is 18.3 Å². The third-order valence-electron chi connectivity index (χ3n) is 3.45. The van der Waals surface area contributed by atoms with Crippen LogP contribution in [0.25, 0.3) is 0 Å². The molecule has 0 bridgehead atoms. The van der Waals surface area contributed by atoms with Crippen molar-refractivity contribution in [2.45, 2.75) is 38.3 Å². The molecule has 1 atom stereocenters. The Balaban J connectivity index is 2.00. The Morgan fingerprint density at radius 3 is 2.89 bits per heavy atom. The first-order valence-corrected chi connectivity index (χ1v) is 6.13. The van der Waals surface area contributed by atoms with E-state index in [1.807, 2.05) is 0 Å². The van der Waals surface area contributed by atoms with Gasteiger partial charge < -0.3 is 10.1 Å². The molecule has 1 heterocycles. The number of amides is 1. The first kappa shape index (κ1) is 13.9. The van der Waals surface area contributed by atoms with Crippen LogP contribution in [0.15, 0.2) is 12.4 Å². The first-order chi connectivity index (χ1) is 8.95. The standard InChI is InChI=1S/C12H17F2N3O2/c1-12(19-2,8-3-4-8)11(18)16-9-5-15-17(6-9)7-10(13)14/h5-6,8,10H,3-4,7H2,1-2H3,(H,16,18). The Hall–Kier alpha value is -1.50. The molecule has 0 aromatic carbocycles. The van der Waals surface area contributed by atoms with E-state index in [1.54, 1.807) is 6.92 Å². The average Bonchev–Trinajstić information content (AvgIpc) is 3.12. The maximum Gasteiger partial charge on any atom is 0.257 e. The van der Waals surface area contributed by atoms with Crippen LogP contribution in [0, 0.1) is 5.92 Å². The third-order valence-corrected chi connectivity index (χ3v) is 3.45. The Bertz CT molecular complexity index is 460. The highest BCUT2D eigenvalue weighted by molar-refractivity contribution is 5.97. The summed E-state index contributed by atoms with van der Waals surface area (Å²) < 4.78 is 30.8. The second-order valence-electron chi connectivity index (χ2n) is 4.88. The maximum absolute atomic E-state index is 12.2. The van der Waals surface area contributed by atoms with Crippen molar-refractivity contribution in [1.82, 2.24) is 9.78 Å². The number of anilines is 1. The zero-order valence-corrected chi connectivity index (χ0v) is 10.9. The summed E-state index contributed by atoms with van der Waals surface area (Å²) in [5.74, 6) is -0.0531. The molecular weight excluding hydrogens is 256 g/mol. The third kappa shape index (κ3) is 3.09. The van der Waals surface area contributed by atoms with Crippen LogP contribution in [0.4, 0.5) is 14.5 Å². The average molecular weight is 273 g/mol. The Kier molecular flexibility index (Phi) is 3.84. The SMILES string of the molecule is COC(C)(C(=O)Nc1cnn(CC(F)F)c1)C1CC1. The molecule has 0 radical (unpaired) electrons. The summed E-state index contributed by atoms with van der Waals surface area (Å²) in [4.78, 5) is 12.2. The van der Waals surface area contributed by atoms with Gasteiger partial charge in [-0.15, -0.1) is 0 Å². The fourth-order valence-electron chi connectivity index (χ4n) is 2.00. The second-order valence-corrected chi connectivity index (χ2v) is 4.88. The van der Waals surface area contributed by atoms with Gasteiger partial charge in [-0.25, -0.2) is 8.78 Å². The van der Waals surface area contributed by atoms with Gasteiger partial charge in [-0.1, -0.05) is 0 Å².